The number of Topliss-reactive ketones (excluding diaryl/α,β-unsaturated/α-hetero) is 1. The third-order valence-electron chi connectivity index (χ3n) is 6.15. The molecule has 1 aliphatic heterocycles. The molecule has 5 aromatic rings. The molecule has 0 saturated carbocycles. The second-order valence-electron chi connectivity index (χ2n) is 8.29. The van der Waals surface area contributed by atoms with Gasteiger partial charge in [0.1, 0.15) is 16.2 Å². The molecule has 0 unspecified atom stereocenters. The number of allylic oxidation sites excluding steroid dienone is 5. The second-order valence-corrected chi connectivity index (χ2v) is 10.2. The van der Waals surface area contributed by atoms with Crippen LogP contribution in [0.15, 0.2) is 111 Å². The van der Waals surface area contributed by atoms with Gasteiger partial charge in [0.2, 0.25) is 15.6 Å². The van der Waals surface area contributed by atoms with Crippen molar-refractivity contribution in [1.29, 1.82) is 0 Å². The summed E-state index contributed by atoms with van der Waals surface area (Å²) in [7, 11) is -3.90. The highest BCUT2D eigenvalue weighted by molar-refractivity contribution is 7.97. The molecule has 0 spiro atoms. The van der Waals surface area contributed by atoms with Gasteiger partial charge >= 0.3 is 0 Å². The van der Waals surface area contributed by atoms with E-state index in [1.54, 1.807) is 24.3 Å². The molecule has 5 nitrogen and oxygen atoms in total. The van der Waals surface area contributed by atoms with Crippen molar-refractivity contribution < 1.29 is 22.7 Å². The Balaban J connectivity index is 1.29. The van der Waals surface area contributed by atoms with Crippen LogP contribution in [0.25, 0.3) is 38.6 Å². The summed E-state index contributed by atoms with van der Waals surface area (Å²) in [4.78, 5) is 12.6. The minimum Gasteiger partial charge on any atom is -0.869 e. The Kier molecular flexibility index (Phi) is 4.72. The Morgan fingerprint density at radius 1 is 0.771 bits per heavy atom. The number of furan rings is 1. The summed E-state index contributed by atoms with van der Waals surface area (Å²) in [5.41, 5.74) is 0.691. The second kappa shape index (κ2) is 7.82. The normalized spacial score (nSPS) is 16.5. The monoisotopic (exact) mass is 477 g/mol. The van der Waals surface area contributed by atoms with Crippen LogP contribution in [0, 0.1) is 0 Å². The summed E-state index contributed by atoms with van der Waals surface area (Å²) in [5, 5.41) is 16.7. The maximum Gasteiger partial charge on any atom is 0.211 e. The number of benzene rings is 4. The molecular weight excluding hydrogens is 460 g/mol. The van der Waals surface area contributed by atoms with Gasteiger partial charge in [0.15, 0.2) is 0 Å². The highest BCUT2D eigenvalue weighted by atomic mass is 32.2. The first-order chi connectivity index (χ1) is 16.9. The van der Waals surface area contributed by atoms with Crippen molar-refractivity contribution in [2.45, 2.75) is 4.90 Å². The number of rotatable bonds is 3. The van der Waals surface area contributed by atoms with Gasteiger partial charge in [0.05, 0.1) is 4.90 Å². The molecule has 35 heavy (non-hydrogen) atoms. The zero-order valence-electron chi connectivity index (χ0n) is 18.3. The fourth-order valence-corrected chi connectivity index (χ4v) is 5.97. The molecule has 0 bridgehead atoms. The fraction of sp³-hybridized carbons (Fsp3) is 0. The molecule has 4 aromatic carbocycles. The SMILES string of the molecule is O=C1C(=CC=CC=Cc2oc3cc4ccccc4cc3c2[O-])S(=O)(=O)c2cc3ccccc3cc21. The molecule has 0 saturated heterocycles. The number of hydrogen-bond donors (Lipinski definition) is 0. The van der Waals surface area contributed by atoms with Gasteiger partial charge in [-0.2, -0.15) is 0 Å². The number of fused-ring (bicyclic) bond motifs is 4. The maximum atomic E-state index is 13.0. The largest absolute Gasteiger partial charge is 0.869 e. The molecule has 1 aliphatic rings. The van der Waals surface area contributed by atoms with E-state index in [4.69, 9.17) is 4.42 Å². The minimum atomic E-state index is -3.90. The average Bonchev–Trinajstić information content (AvgIpc) is 3.26. The van der Waals surface area contributed by atoms with Crippen LogP contribution in [0.1, 0.15) is 16.1 Å². The molecule has 6 rings (SSSR count). The lowest BCUT2D eigenvalue weighted by Gasteiger charge is -2.03. The number of carbonyl (C=O) groups excluding carboxylic acids is 1. The number of sulfone groups is 1. The molecule has 0 aliphatic carbocycles. The minimum absolute atomic E-state index is 0.0297. The van der Waals surface area contributed by atoms with E-state index >= 15 is 0 Å². The van der Waals surface area contributed by atoms with Crippen LogP contribution < -0.4 is 5.11 Å². The molecule has 2 heterocycles. The molecule has 6 heteroatoms. The van der Waals surface area contributed by atoms with Gasteiger partial charge < -0.3 is 9.52 Å². The van der Waals surface area contributed by atoms with Crippen LogP contribution in [-0.4, -0.2) is 14.2 Å². The molecule has 0 radical (unpaired) electrons. The highest BCUT2D eigenvalue weighted by Gasteiger charge is 2.39. The highest BCUT2D eigenvalue weighted by Crippen LogP contribution is 2.37. The van der Waals surface area contributed by atoms with E-state index in [1.165, 1.54) is 18.2 Å². The quantitative estimate of drug-likeness (QED) is 0.237. The summed E-state index contributed by atoms with van der Waals surface area (Å²) in [6.07, 6.45) is 7.40. The van der Waals surface area contributed by atoms with Gasteiger partial charge in [-0.3, -0.25) is 4.79 Å². The van der Waals surface area contributed by atoms with Crippen LogP contribution >= 0.6 is 0 Å². The fourth-order valence-electron chi connectivity index (χ4n) is 4.40. The zero-order chi connectivity index (χ0) is 24.2. The van der Waals surface area contributed by atoms with Gasteiger partial charge in [-0.25, -0.2) is 8.42 Å². The Morgan fingerprint density at radius 2 is 1.40 bits per heavy atom. The van der Waals surface area contributed by atoms with Crippen molar-refractivity contribution in [3.63, 3.8) is 0 Å². The zero-order valence-corrected chi connectivity index (χ0v) is 19.1. The summed E-state index contributed by atoms with van der Waals surface area (Å²) >= 11 is 0. The Bertz CT molecular complexity index is 1890. The first-order valence-corrected chi connectivity index (χ1v) is 12.4. The lowest BCUT2D eigenvalue weighted by Crippen LogP contribution is -2.01. The van der Waals surface area contributed by atoms with Crippen LogP contribution in [0.2, 0.25) is 0 Å². The van der Waals surface area contributed by atoms with Crippen molar-refractivity contribution in [2.75, 3.05) is 0 Å². The summed E-state index contributed by atoms with van der Waals surface area (Å²) in [6.45, 7) is 0. The standard InChI is InChI=1S/C29H18O5S/c30-28-22-14-18-8-4-6-10-20(18)16-25(22)34-24(28)12-2-1-3-13-26-29(31)23-15-19-9-5-7-11-21(19)17-27(23)35(26,32)33/h1-17,30H/p-1. The third kappa shape index (κ3) is 3.38. The predicted molar refractivity (Wildman–Crippen MR) is 135 cm³/mol. The molecule has 0 fully saturated rings. The molecule has 170 valence electrons. The Hall–Kier alpha value is -4.42. The van der Waals surface area contributed by atoms with Crippen LogP contribution in [-0.2, 0) is 9.84 Å². The van der Waals surface area contributed by atoms with E-state index in [1.807, 2.05) is 60.7 Å². The molecule has 0 amide bonds. The van der Waals surface area contributed by atoms with Gasteiger partial charge in [-0.05, 0) is 58.0 Å². The van der Waals surface area contributed by atoms with Gasteiger partial charge in [-0.1, -0.05) is 72.5 Å². The van der Waals surface area contributed by atoms with E-state index in [2.05, 4.69) is 0 Å². The van der Waals surface area contributed by atoms with Gasteiger partial charge in [-0.15, -0.1) is 0 Å². The van der Waals surface area contributed by atoms with E-state index in [-0.39, 0.29) is 26.9 Å². The molecular formula is C29H17O5S-. The van der Waals surface area contributed by atoms with Crippen molar-refractivity contribution in [3.8, 4) is 5.75 Å². The van der Waals surface area contributed by atoms with Crippen LogP contribution in [0.4, 0.5) is 0 Å². The van der Waals surface area contributed by atoms with Gasteiger partial charge in [0, 0.05) is 10.9 Å². The van der Waals surface area contributed by atoms with E-state index in [0.29, 0.717) is 11.0 Å². The van der Waals surface area contributed by atoms with Gasteiger partial charge in [0.25, 0.3) is 0 Å². The van der Waals surface area contributed by atoms with Crippen molar-refractivity contribution in [2.24, 2.45) is 0 Å². The predicted octanol–water partition coefficient (Wildman–Crippen LogP) is 5.94. The lowest BCUT2D eigenvalue weighted by molar-refractivity contribution is -0.267. The first-order valence-electron chi connectivity index (χ1n) is 10.9. The number of ketones is 1. The Labute approximate surface area is 200 Å². The molecule has 1 aromatic heterocycles. The van der Waals surface area contributed by atoms with E-state index in [0.717, 1.165) is 21.5 Å². The topological polar surface area (TPSA) is 87.4 Å². The summed E-state index contributed by atoms with van der Waals surface area (Å²) < 4.78 is 31.7. The number of hydrogen-bond acceptors (Lipinski definition) is 5. The third-order valence-corrected chi connectivity index (χ3v) is 7.97. The lowest BCUT2D eigenvalue weighted by atomic mass is 10.0. The van der Waals surface area contributed by atoms with Crippen LogP contribution in [0.3, 0.4) is 0 Å². The van der Waals surface area contributed by atoms with E-state index in [9.17, 15) is 18.3 Å². The molecule has 0 atom stereocenters. The first kappa shape index (κ1) is 21.1. The Morgan fingerprint density at radius 3 is 2.11 bits per heavy atom. The molecule has 0 N–H and O–H groups in total. The smallest absolute Gasteiger partial charge is 0.211 e. The van der Waals surface area contributed by atoms with Crippen molar-refractivity contribution >= 4 is 54.2 Å². The van der Waals surface area contributed by atoms with Crippen LogP contribution in [0.5, 0.6) is 5.75 Å². The number of carbonyl (C=O) groups is 1. The van der Waals surface area contributed by atoms with Crippen molar-refractivity contribution in [3.05, 3.63) is 113 Å². The van der Waals surface area contributed by atoms with E-state index < -0.39 is 15.6 Å². The maximum absolute atomic E-state index is 13.0. The van der Waals surface area contributed by atoms with Crippen molar-refractivity contribution in [1.82, 2.24) is 0 Å². The summed E-state index contributed by atoms with van der Waals surface area (Å²) in [5.74, 6) is -0.563. The average molecular weight is 478 g/mol. The summed E-state index contributed by atoms with van der Waals surface area (Å²) in [6, 6.07) is 21.8.